The van der Waals surface area contributed by atoms with Gasteiger partial charge in [0.2, 0.25) is 5.84 Å². The van der Waals surface area contributed by atoms with Crippen LogP contribution in [0.5, 0.6) is 5.75 Å². The highest BCUT2D eigenvalue weighted by atomic mass is 16.5. The molecule has 0 bridgehead atoms. The molecule has 0 unspecified atom stereocenters. The number of hydrazine groups is 1. The molecular weight excluding hydrogens is 308 g/mol. The van der Waals surface area contributed by atoms with E-state index in [9.17, 15) is 9.59 Å². The quantitative estimate of drug-likeness (QED) is 0.894. The monoisotopic (exact) mass is 324 g/mol. The van der Waals surface area contributed by atoms with Crippen molar-refractivity contribution in [1.29, 1.82) is 0 Å². The number of anilines is 2. The fourth-order valence-corrected chi connectivity index (χ4v) is 2.22. The third kappa shape index (κ3) is 3.35. The van der Waals surface area contributed by atoms with E-state index in [2.05, 4.69) is 15.7 Å². The lowest BCUT2D eigenvalue weighted by Gasteiger charge is -2.27. The number of ether oxygens (including phenoxy) is 1. The number of amides is 2. The van der Waals surface area contributed by atoms with E-state index in [0.29, 0.717) is 17.1 Å². The molecule has 2 aromatic rings. The van der Waals surface area contributed by atoms with Crippen LogP contribution in [-0.4, -0.2) is 31.3 Å². The van der Waals surface area contributed by atoms with Gasteiger partial charge in [-0.2, -0.15) is 0 Å². The first kappa shape index (κ1) is 15.5. The summed E-state index contributed by atoms with van der Waals surface area (Å²) in [6, 6.07) is 16.0. The van der Waals surface area contributed by atoms with Gasteiger partial charge >= 0.3 is 0 Å². The van der Waals surface area contributed by atoms with Gasteiger partial charge in [-0.15, -0.1) is 0 Å². The smallest absolute Gasteiger partial charge is 0.292 e. The molecule has 24 heavy (non-hydrogen) atoms. The predicted molar refractivity (Wildman–Crippen MR) is 91.0 cm³/mol. The lowest BCUT2D eigenvalue weighted by Crippen LogP contribution is -2.54. The minimum atomic E-state index is -0.434. The van der Waals surface area contributed by atoms with Crippen LogP contribution < -0.4 is 20.5 Å². The average molecular weight is 324 g/mol. The van der Waals surface area contributed by atoms with Crippen LogP contribution in [0, 0.1) is 0 Å². The molecule has 0 radical (unpaired) electrons. The Labute approximate surface area is 138 Å². The molecule has 0 aliphatic carbocycles. The fraction of sp³-hybridized carbons (Fsp3) is 0.118. The molecule has 0 spiro atoms. The number of hydrogen-bond acceptors (Lipinski definition) is 5. The van der Waals surface area contributed by atoms with E-state index in [1.165, 1.54) is 5.01 Å². The van der Waals surface area contributed by atoms with Crippen molar-refractivity contribution >= 4 is 29.0 Å². The number of nitrogens with one attached hydrogen (secondary N) is 2. The summed E-state index contributed by atoms with van der Waals surface area (Å²) in [5.74, 6) is 0.0320. The van der Waals surface area contributed by atoms with E-state index in [0.717, 1.165) is 0 Å². The van der Waals surface area contributed by atoms with Crippen molar-refractivity contribution in [2.75, 3.05) is 24.0 Å². The zero-order chi connectivity index (χ0) is 16.9. The van der Waals surface area contributed by atoms with Crippen LogP contribution in [0.3, 0.4) is 0 Å². The summed E-state index contributed by atoms with van der Waals surface area (Å²) in [5.41, 5.74) is 3.98. The minimum Gasteiger partial charge on any atom is -0.497 e. The van der Waals surface area contributed by atoms with E-state index in [1.54, 1.807) is 43.5 Å². The fourth-order valence-electron chi connectivity index (χ4n) is 2.22. The Morgan fingerprint density at radius 3 is 2.75 bits per heavy atom. The number of methoxy groups -OCH3 is 1. The highest BCUT2D eigenvalue weighted by Gasteiger charge is 2.25. The van der Waals surface area contributed by atoms with Crippen LogP contribution in [0.2, 0.25) is 0 Å². The molecule has 7 heteroatoms. The van der Waals surface area contributed by atoms with Gasteiger partial charge in [-0.3, -0.25) is 20.0 Å². The first-order valence-corrected chi connectivity index (χ1v) is 7.32. The summed E-state index contributed by atoms with van der Waals surface area (Å²) in [7, 11) is 1.55. The summed E-state index contributed by atoms with van der Waals surface area (Å²) in [6.45, 7) is -0.0945. The van der Waals surface area contributed by atoms with Crippen molar-refractivity contribution in [2.45, 2.75) is 0 Å². The van der Waals surface area contributed by atoms with Crippen LogP contribution in [0.4, 0.5) is 11.4 Å². The van der Waals surface area contributed by atoms with Crippen LogP contribution in [-0.2, 0) is 9.59 Å². The number of carbonyl (C=O) groups is 2. The van der Waals surface area contributed by atoms with E-state index < -0.39 is 5.91 Å². The highest BCUT2D eigenvalue weighted by molar-refractivity contribution is 6.43. The molecule has 0 aromatic heterocycles. The summed E-state index contributed by atoms with van der Waals surface area (Å²) in [5, 5.41) is 4.04. The predicted octanol–water partition coefficient (Wildman–Crippen LogP) is 1.58. The van der Waals surface area contributed by atoms with Crippen molar-refractivity contribution in [1.82, 2.24) is 5.43 Å². The Morgan fingerprint density at radius 1 is 1.21 bits per heavy atom. The second-order valence-electron chi connectivity index (χ2n) is 5.03. The molecule has 1 aliphatic heterocycles. The minimum absolute atomic E-state index is 0.0706. The van der Waals surface area contributed by atoms with Crippen molar-refractivity contribution in [3.63, 3.8) is 0 Å². The van der Waals surface area contributed by atoms with Gasteiger partial charge in [0, 0.05) is 11.8 Å². The van der Waals surface area contributed by atoms with Crippen LogP contribution in [0.25, 0.3) is 0 Å². The largest absolute Gasteiger partial charge is 0.497 e. The topological polar surface area (TPSA) is 83.0 Å². The normalized spacial score (nSPS) is 13.8. The van der Waals surface area contributed by atoms with Crippen LogP contribution >= 0.6 is 0 Å². The molecule has 2 aromatic carbocycles. The van der Waals surface area contributed by atoms with Gasteiger partial charge in [-0.25, -0.2) is 5.01 Å². The summed E-state index contributed by atoms with van der Waals surface area (Å²) in [4.78, 5) is 28.4. The molecule has 1 heterocycles. The number of benzene rings is 2. The van der Waals surface area contributed by atoms with Gasteiger partial charge in [0.25, 0.3) is 11.8 Å². The Morgan fingerprint density at radius 2 is 2.00 bits per heavy atom. The SMILES string of the molecule is COc1cccc(NC(=O)C2=NCC(=O)N(c3ccccc3)N2)c1. The number of aliphatic imine (C=N–C) groups is 1. The number of hydrogen-bond donors (Lipinski definition) is 2. The maximum Gasteiger partial charge on any atom is 0.292 e. The number of nitrogens with zero attached hydrogens (tertiary/aromatic N) is 2. The van der Waals surface area contributed by atoms with Crippen molar-refractivity contribution in [2.24, 2.45) is 4.99 Å². The van der Waals surface area contributed by atoms with Gasteiger partial charge < -0.3 is 10.1 Å². The number of amidine groups is 1. The highest BCUT2D eigenvalue weighted by Crippen LogP contribution is 2.17. The van der Waals surface area contributed by atoms with Crippen LogP contribution in [0.15, 0.2) is 59.6 Å². The summed E-state index contributed by atoms with van der Waals surface area (Å²) >= 11 is 0. The van der Waals surface area contributed by atoms with Gasteiger partial charge in [0.15, 0.2) is 0 Å². The molecular formula is C17H16N4O3. The van der Waals surface area contributed by atoms with E-state index in [4.69, 9.17) is 4.74 Å². The third-order valence-corrected chi connectivity index (χ3v) is 3.40. The second kappa shape index (κ2) is 6.82. The molecule has 3 rings (SSSR count). The molecule has 122 valence electrons. The Kier molecular flexibility index (Phi) is 4.42. The molecule has 0 saturated heterocycles. The Hall–Kier alpha value is -3.35. The molecule has 0 atom stereocenters. The maximum atomic E-state index is 12.4. The van der Waals surface area contributed by atoms with E-state index in [1.807, 2.05) is 18.2 Å². The van der Waals surface area contributed by atoms with E-state index >= 15 is 0 Å². The Bertz CT molecular complexity index is 789. The summed E-state index contributed by atoms with van der Waals surface area (Å²) in [6.07, 6.45) is 0. The second-order valence-corrected chi connectivity index (χ2v) is 5.03. The zero-order valence-electron chi connectivity index (χ0n) is 13.0. The van der Waals surface area contributed by atoms with Crippen molar-refractivity contribution in [3.8, 4) is 5.75 Å². The van der Waals surface area contributed by atoms with Gasteiger partial charge in [0.05, 0.1) is 12.8 Å². The zero-order valence-corrected chi connectivity index (χ0v) is 13.0. The van der Waals surface area contributed by atoms with E-state index in [-0.39, 0.29) is 18.3 Å². The lowest BCUT2D eigenvalue weighted by molar-refractivity contribution is -0.118. The van der Waals surface area contributed by atoms with Gasteiger partial charge in [-0.05, 0) is 24.3 Å². The molecule has 2 N–H and O–H groups in total. The number of para-hydroxylation sites is 1. The number of carbonyl (C=O) groups excluding carboxylic acids is 2. The average Bonchev–Trinajstić information content (AvgIpc) is 2.63. The van der Waals surface area contributed by atoms with Crippen LogP contribution in [0.1, 0.15) is 0 Å². The molecule has 2 amide bonds. The number of rotatable bonds is 4. The maximum absolute atomic E-state index is 12.4. The first-order chi connectivity index (χ1) is 11.7. The van der Waals surface area contributed by atoms with Gasteiger partial charge in [-0.1, -0.05) is 24.3 Å². The lowest BCUT2D eigenvalue weighted by atomic mass is 10.3. The molecule has 1 aliphatic rings. The molecule has 0 fully saturated rings. The van der Waals surface area contributed by atoms with Crippen molar-refractivity contribution in [3.05, 3.63) is 54.6 Å². The molecule has 7 nitrogen and oxygen atoms in total. The molecule has 0 saturated carbocycles. The third-order valence-electron chi connectivity index (χ3n) is 3.40. The first-order valence-electron chi connectivity index (χ1n) is 7.32. The standard InChI is InChI=1S/C17H16N4O3/c1-24-14-9-5-6-12(10-14)19-17(23)16-18-11-15(22)21(20-16)13-7-3-2-4-8-13/h2-10H,11H2,1H3,(H,18,20)(H,19,23). The van der Waals surface area contributed by atoms with Crippen molar-refractivity contribution < 1.29 is 14.3 Å². The Balaban J connectivity index is 1.74. The summed E-state index contributed by atoms with van der Waals surface area (Å²) < 4.78 is 5.12. The van der Waals surface area contributed by atoms with Gasteiger partial charge in [0.1, 0.15) is 12.3 Å².